The number of likely N-dealkylation sites (tertiary alicyclic amines) is 2. The fourth-order valence-corrected chi connectivity index (χ4v) is 13.8. The number of rotatable bonds is 14. The molecular formula is C65H113Cl2F4N13O12S4. The van der Waals surface area contributed by atoms with Gasteiger partial charge >= 0.3 is 12.2 Å². The van der Waals surface area contributed by atoms with Crippen molar-refractivity contribution < 1.29 is 70.3 Å². The number of sulfonamides is 3. The lowest BCUT2D eigenvalue weighted by atomic mass is 9.92. The van der Waals surface area contributed by atoms with Gasteiger partial charge in [-0.2, -0.15) is 0 Å². The van der Waals surface area contributed by atoms with Gasteiger partial charge in [-0.25, -0.2) is 94.9 Å². The van der Waals surface area contributed by atoms with E-state index in [1.807, 2.05) is 74.1 Å². The second-order valence-electron chi connectivity index (χ2n) is 27.7. The van der Waals surface area contributed by atoms with Crippen molar-refractivity contribution in [1.82, 2.24) is 54.1 Å². The molecule has 8 rings (SSSR count). The van der Waals surface area contributed by atoms with Crippen LogP contribution in [0.4, 0.5) is 33.0 Å². The molecular weight excluding hydrogens is 1430 g/mol. The van der Waals surface area contributed by atoms with Gasteiger partial charge < -0.3 is 40.1 Å². The maximum atomic E-state index is 13.7. The van der Waals surface area contributed by atoms with E-state index in [-0.39, 0.29) is 65.7 Å². The van der Waals surface area contributed by atoms with E-state index < -0.39 is 74.4 Å². The molecule has 8 unspecified atom stereocenters. The van der Waals surface area contributed by atoms with Crippen molar-refractivity contribution in [3.8, 4) is 0 Å². The molecule has 0 aliphatic carbocycles. The number of nitrogens with two attached hydrogens (primary N) is 1. The minimum Gasteiger partial charge on any atom is -0.444 e. The molecule has 2 aromatic heterocycles. The number of hydrogen-bond donors (Lipinski definition) is 5. The van der Waals surface area contributed by atoms with Crippen LogP contribution in [-0.4, -0.2) is 219 Å². The molecule has 4 aliphatic heterocycles. The third kappa shape index (κ3) is 38.2. The van der Waals surface area contributed by atoms with Gasteiger partial charge in [0.05, 0.1) is 29.8 Å². The smallest absolute Gasteiger partial charge is 0.410 e. The zero-order chi connectivity index (χ0) is 75.6. The van der Waals surface area contributed by atoms with Gasteiger partial charge in [-0.1, -0.05) is 32.4 Å². The number of hydrogen-bond acceptors (Lipinski definition) is 20. The Morgan fingerprint density at radius 1 is 0.580 bits per heavy atom. The number of carbonyl (C=O) groups excluding carboxylic acids is 2. The van der Waals surface area contributed by atoms with E-state index in [1.54, 1.807) is 9.80 Å². The van der Waals surface area contributed by atoms with Crippen LogP contribution in [0.1, 0.15) is 141 Å². The second kappa shape index (κ2) is 42.9. The number of sulfone groups is 1. The van der Waals surface area contributed by atoms with E-state index in [0.717, 1.165) is 127 Å². The van der Waals surface area contributed by atoms with E-state index in [1.165, 1.54) is 38.5 Å². The highest BCUT2D eigenvalue weighted by Crippen LogP contribution is 2.31. The van der Waals surface area contributed by atoms with Gasteiger partial charge in [0.2, 0.25) is 30.1 Å². The average Bonchev–Trinajstić information content (AvgIpc) is 0.777. The highest BCUT2D eigenvalue weighted by atomic mass is 35.5. The molecule has 2 aromatic carbocycles. The fourth-order valence-electron chi connectivity index (χ4n) is 11.0. The summed E-state index contributed by atoms with van der Waals surface area (Å²) in [5.41, 5.74) is 5.58. The van der Waals surface area contributed by atoms with Crippen LogP contribution in [-0.2, 0) is 49.4 Å². The van der Waals surface area contributed by atoms with Gasteiger partial charge in [-0.15, -0.1) is 12.4 Å². The Kier molecular flexibility index (Phi) is 40.1. The number of fused-ring (bicyclic) bond motifs is 2. The van der Waals surface area contributed by atoms with Crippen molar-refractivity contribution >= 4 is 104 Å². The number of piperidine rings is 4. The Hall–Kier alpha value is -4.68. The molecule has 100 heavy (non-hydrogen) atoms. The van der Waals surface area contributed by atoms with Crippen LogP contribution in [0, 0.1) is 46.9 Å². The van der Waals surface area contributed by atoms with Crippen molar-refractivity contribution in [2.75, 3.05) is 108 Å². The topological polar surface area (TPSA) is 328 Å². The Labute approximate surface area is 604 Å². The van der Waals surface area contributed by atoms with Crippen LogP contribution in [0.2, 0.25) is 5.15 Å². The number of anilines is 1. The first-order valence-corrected chi connectivity index (χ1v) is 41.7. The van der Waals surface area contributed by atoms with Gasteiger partial charge in [0.1, 0.15) is 44.7 Å². The van der Waals surface area contributed by atoms with Crippen LogP contribution in [0.15, 0.2) is 36.9 Å². The molecule has 6 N–H and O–H groups in total. The number of halogens is 6. The highest BCUT2D eigenvalue weighted by Gasteiger charge is 2.33. The summed E-state index contributed by atoms with van der Waals surface area (Å²) in [6.07, 6.45) is 15.7. The first-order valence-electron chi connectivity index (χ1n) is 33.3. The van der Waals surface area contributed by atoms with Crippen molar-refractivity contribution in [2.24, 2.45) is 29.4 Å². The van der Waals surface area contributed by atoms with Crippen molar-refractivity contribution in [2.45, 2.75) is 177 Å². The summed E-state index contributed by atoms with van der Waals surface area (Å²) < 4.78 is 158. The van der Waals surface area contributed by atoms with E-state index in [2.05, 4.69) is 65.1 Å². The summed E-state index contributed by atoms with van der Waals surface area (Å²) >= 11 is 5.64. The first-order chi connectivity index (χ1) is 45.5. The minimum absolute atomic E-state index is 0. The lowest BCUT2D eigenvalue weighted by Crippen LogP contribution is -2.48. The van der Waals surface area contributed by atoms with Crippen LogP contribution >= 0.6 is 24.0 Å². The van der Waals surface area contributed by atoms with Crippen LogP contribution in [0.3, 0.4) is 0 Å². The molecule has 0 saturated carbocycles. The molecule has 35 heteroatoms. The Morgan fingerprint density at radius 2 is 0.940 bits per heavy atom. The highest BCUT2D eigenvalue weighted by molar-refractivity contribution is 7.90. The standard InChI is InChI=1S/C16H20F2N4O2S.C13H26N2O4S.C12H24N2O2.C8H3ClF2N2.C8H18N2O2S.C6H15N.C2H6O2S.ClH/c1-10(21-25(2,23)24)11-4-3-5-22(8-11)16-12-6-13(17)14(18)7-15(12)19-9-20-16;1-10(14-20(5,17)18)11-7-6-8-15(9-11)12(16)19-13(2,3)4;1-9(13)10-6-5-7-14(8-10)11(15)16-12(2,3)4;9-8-4-1-5(10)6(11)2-7(4)12-3-13-8;1-7(10-13(2,11)12)8-4-3-5-9-6-8;1-4-7(5-2)6-3;1-5(2,3)4;/h6-7,9-11,21H,3-5,8H2,1-2H3;10-11,14H,6-9H2,1-5H3;9-10H,5-8,13H2,1-4H3;1-3H;7-10H,3-6H2,1-2H3;4-6H2,1-3H3;1-2H3;1H. The molecule has 2 amide bonds. The lowest BCUT2D eigenvalue weighted by Gasteiger charge is -2.36. The van der Waals surface area contributed by atoms with Crippen LogP contribution < -0.4 is 30.1 Å². The molecule has 0 radical (unpaired) electrons. The van der Waals surface area contributed by atoms with E-state index >= 15 is 0 Å². The summed E-state index contributed by atoms with van der Waals surface area (Å²) in [6, 6.07) is 3.92. The monoisotopic (exact) mass is 1540 g/mol. The molecule has 4 aromatic rings. The second-order valence-corrected chi connectivity index (χ2v) is 35.7. The number of ether oxygens (including phenoxy) is 2. The molecule has 4 saturated heterocycles. The number of aromatic nitrogens is 4. The van der Waals surface area contributed by atoms with E-state index in [9.17, 15) is 60.8 Å². The molecule has 8 atom stereocenters. The average molecular weight is 1540 g/mol. The molecule has 4 fully saturated rings. The molecule has 6 heterocycles. The molecule has 4 aliphatic rings. The number of amides is 2. The third-order valence-electron chi connectivity index (χ3n) is 16.0. The first kappa shape index (κ1) is 93.3. The molecule has 576 valence electrons. The predicted octanol–water partition coefficient (Wildman–Crippen LogP) is 9.53. The van der Waals surface area contributed by atoms with Crippen molar-refractivity contribution in [3.05, 3.63) is 65.3 Å². The zero-order valence-electron chi connectivity index (χ0n) is 61.5. The summed E-state index contributed by atoms with van der Waals surface area (Å²) in [6.45, 7) is 34.9. The number of nitrogens with zero attached hydrogens (tertiary/aromatic N) is 8. The number of nitrogens with one attached hydrogen (secondary N) is 4. The van der Waals surface area contributed by atoms with Gasteiger partial charge in [-0.05, 0) is 189 Å². The SMILES string of the molecule is CC(N)C1CCCN(C(=O)OC(C)(C)C)C1.CC(NS(C)(=O)=O)C1CCCN(C(=O)OC(C)(C)C)C1.CC(NS(C)(=O)=O)C1CCCN(c2ncnc3cc(F)c(F)cc23)C1.CC(NS(C)(=O)=O)C1CCCNC1.CCN(CC)CC.CS(C)(=O)=O.Cl.Fc1cc2ncnc(Cl)c2cc1F. The predicted molar refractivity (Wildman–Crippen MR) is 393 cm³/mol. The van der Waals surface area contributed by atoms with Gasteiger partial charge in [0.25, 0.3) is 0 Å². The largest absolute Gasteiger partial charge is 0.444 e. The lowest BCUT2D eigenvalue weighted by molar-refractivity contribution is 0.0144. The maximum Gasteiger partial charge on any atom is 0.410 e. The number of carbonyl (C=O) groups is 2. The normalized spacial score (nSPS) is 19.6. The number of benzene rings is 2. The summed E-state index contributed by atoms with van der Waals surface area (Å²) in [4.78, 5) is 47.3. The Bertz CT molecular complexity index is 3620. The van der Waals surface area contributed by atoms with Crippen LogP contribution in [0.25, 0.3) is 21.8 Å². The maximum absolute atomic E-state index is 13.7. The molecule has 0 spiro atoms. The summed E-state index contributed by atoms with van der Waals surface area (Å²) in [5.74, 6) is -2.19. The van der Waals surface area contributed by atoms with Crippen molar-refractivity contribution in [1.29, 1.82) is 0 Å². The molecule has 0 bridgehead atoms. The van der Waals surface area contributed by atoms with E-state index in [4.69, 9.17) is 26.8 Å². The molecule has 25 nitrogen and oxygen atoms in total. The van der Waals surface area contributed by atoms with Crippen LogP contribution in [0.5, 0.6) is 0 Å². The zero-order valence-corrected chi connectivity index (χ0v) is 66.3. The van der Waals surface area contributed by atoms with Gasteiger partial charge in [-0.3, -0.25) is 0 Å². The van der Waals surface area contributed by atoms with Gasteiger partial charge in [0.15, 0.2) is 23.3 Å². The summed E-state index contributed by atoms with van der Waals surface area (Å²) in [5, 5.41) is 4.14. The third-order valence-corrected chi connectivity index (χ3v) is 18.7. The van der Waals surface area contributed by atoms with Gasteiger partial charge in [0, 0.05) is 98.9 Å². The summed E-state index contributed by atoms with van der Waals surface area (Å²) in [7, 11) is -12.2. The van der Waals surface area contributed by atoms with E-state index in [0.29, 0.717) is 65.6 Å². The Balaban J connectivity index is 0.000000609. The fraction of sp³-hybridized carbons (Fsp3) is 0.723. The Morgan fingerprint density at radius 3 is 1.33 bits per heavy atom. The van der Waals surface area contributed by atoms with Crippen molar-refractivity contribution in [3.63, 3.8) is 0 Å². The quantitative estimate of drug-likeness (QED) is 0.0579. The minimum atomic E-state index is -3.29.